The van der Waals surface area contributed by atoms with Gasteiger partial charge in [0.1, 0.15) is 5.78 Å². The molecular weight excluding hydrogens is 508 g/mol. The van der Waals surface area contributed by atoms with E-state index >= 15 is 0 Å². The van der Waals surface area contributed by atoms with E-state index in [9.17, 15) is 24.0 Å². The monoisotopic (exact) mass is 548 g/mol. The van der Waals surface area contributed by atoms with Gasteiger partial charge in [-0.3, -0.25) is 24.0 Å². The topological polar surface area (TPSA) is 104 Å². The molecule has 0 unspecified atom stereocenters. The van der Waals surface area contributed by atoms with Crippen molar-refractivity contribution < 1.29 is 33.4 Å². The van der Waals surface area contributed by atoms with Crippen LogP contribution in [0.1, 0.15) is 84.1 Å². The van der Waals surface area contributed by atoms with Crippen molar-refractivity contribution in [2.24, 2.45) is 28.6 Å². The lowest BCUT2D eigenvalue weighted by molar-refractivity contribution is -0.193. The first kappa shape index (κ1) is 28.4. The average molecular weight is 549 g/mol. The van der Waals surface area contributed by atoms with E-state index in [4.69, 9.17) is 9.47 Å². The fraction of sp³-hybridized carbons (Fsp3) is 0.606. The van der Waals surface area contributed by atoms with E-state index in [0.717, 1.165) is 24.0 Å². The Morgan fingerprint density at radius 3 is 2.45 bits per heavy atom. The summed E-state index contributed by atoms with van der Waals surface area (Å²) in [6, 6.07) is 9.16. The third kappa shape index (κ3) is 4.65. The van der Waals surface area contributed by atoms with Gasteiger partial charge in [0.05, 0.1) is 6.42 Å². The van der Waals surface area contributed by atoms with Gasteiger partial charge in [0.15, 0.2) is 18.0 Å². The van der Waals surface area contributed by atoms with Crippen molar-refractivity contribution in [3.05, 3.63) is 47.5 Å². The highest BCUT2D eigenvalue weighted by Crippen LogP contribution is 2.67. The van der Waals surface area contributed by atoms with Crippen molar-refractivity contribution in [1.82, 2.24) is 0 Å². The van der Waals surface area contributed by atoms with Crippen LogP contribution in [-0.2, 0) is 39.9 Å². The quantitative estimate of drug-likeness (QED) is 0.415. The van der Waals surface area contributed by atoms with Crippen molar-refractivity contribution in [2.75, 3.05) is 6.61 Å². The van der Waals surface area contributed by atoms with Gasteiger partial charge >= 0.3 is 11.9 Å². The van der Waals surface area contributed by atoms with Crippen molar-refractivity contribution in [1.29, 1.82) is 0 Å². The van der Waals surface area contributed by atoms with Crippen LogP contribution in [0.3, 0.4) is 0 Å². The molecule has 0 amide bonds. The van der Waals surface area contributed by atoms with Gasteiger partial charge in [0, 0.05) is 30.6 Å². The SMILES string of the molecule is CCCC(=O)O[C@@]1(C(=O)COC(=O)Cc2ccccc2)CC[C@H]2[C@@H]3CCC4=CC(=O)CC[C@]4(C)[C@H]3C(=O)C[C@@]21C. The average Bonchev–Trinajstić information content (AvgIpc) is 3.20. The van der Waals surface area contributed by atoms with E-state index in [1.807, 2.05) is 44.2 Å². The third-order valence-electron chi connectivity index (χ3n) is 10.5. The number of benzene rings is 1. The molecule has 0 aromatic heterocycles. The van der Waals surface area contributed by atoms with E-state index < -0.39 is 35.3 Å². The molecule has 7 heteroatoms. The molecule has 4 aliphatic carbocycles. The Morgan fingerprint density at radius 1 is 0.975 bits per heavy atom. The summed E-state index contributed by atoms with van der Waals surface area (Å²) < 4.78 is 11.5. The smallest absolute Gasteiger partial charge is 0.310 e. The first-order chi connectivity index (χ1) is 19.0. The second-order valence-corrected chi connectivity index (χ2v) is 12.7. The normalized spacial score (nSPS) is 34.7. The number of ketones is 3. The highest BCUT2D eigenvalue weighted by Gasteiger charge is 2.70. The first-order valence-corrected chi connectivity index (χ1v) is 14.8. The van der Waals surface area contributed by atoms with Gasteiger partial charge in [-0.25, -0.2) is 0 Å². The molecule has 0 bridgehead atoms. The molecule has 1 aromatic carbocycles. The lowest BCUT2D eigenvalue weighted by Crippen LogP contribution is -2.62. The van der Waals surface area contributed by atoms with E-state index in [2.05, 4.69) is 6.92 Å². The Morgan fingerprint density at radius 2 is 1.73 bits per heavy atom. The third-order valence-corrected chi connectivity index (χ3v) is 10.5. The van der Waals surface area contributed by atoms with Crippen molar-refractivity contribution in [2.45, 2.75) is 90.6 Å². The lowest BCUT2D eigenvalue weighted by atomic mass is 9.46. The summed E-state index contributed by atoms with van der Waals surface area (Å²) >= 11 is 0. The largest absolute Gasteiger partial charge is 0.457 e. The van der Waals surface area contributed by atoms with Crippen molar-refractivity contribution in [3.8, 4) is 0 Å². The number of rotatable bonds is 8. The minimum Gasteiger partial charge on any atom is -0.457 e. The Labute approximate surface area is 236 Å². The highest BCUT2D eigenvalue weighted by atomic mass is 16.6. The standard InChI is InChI=1S/C33H40O7/c1-4-8-28(37)40-33(27(36)20-39-29(38)17-21-9-6-5-7-10-21)16-14-25-24-12-11-22-18-23(34)13-15-31(22,2)30(24)26(35)19-32(25,33)3/h5-7,9-10,18,24-25,30H,4,8,11-17,19-20H2,1-3H3/t24-,25-,30+,31-,32-,33+/m0/s1. The fourth-order valence-electron chi connectivity index (χ4n) is 8.58. The van der Waals surface area contributed by atoms with Gasteiger partial charge < -0.3 is 9.47 Å². The zero-order chi connectivity index (χ0) is 28.7. The number of hydrogen-bond acceptors (Lipinski definition) is 7. The minimum atomic E-state index is -1.52. The molecule has 4 aliphatic rings. The van der Waals surface area contributed by atoms with Crippen LogP contribution >= 0.6 is 0 Å². The summed E-state index contributed by atoms with van der Waals surface area (Å²) in [4.78, 5) is 65.8. The number of fused-ring (bicyclic) bond motifs is 5. The molecule has 3 fully saturated rings. The predicted molar refractivity (Wildman–Crippen MR) is 147 cm³/mol. The molecule has 6 atom stereocenters. The second kappa shape index (κ2) is 10.7. The molecule has 5 rings (SSSR count). The highest BCUT2D eigenvalue weighted by molar-refractivity contribution is 5.96. The van der Waals surface area contributed by atoms with Crippen LogP contribution in [0.25, 0.3) is 0 Å². The van der Waals surface area contributed by atoms with Crippen LogP contribution in [0, 0.1) is 28.6 Å². The maximum Gasteiger partial charge on any atom is 0.310 e. The van der Waals surface area contributed by atoms with Gasteiger partial charge in [-0.2, -0.15) is 0 Å². The molecule has 40 heavy (non-hydrogen) atoms. The van der Waals surface area contributed by atoms with Crippen LogP contribution in [0.5, 0.6) is 0 Å². The van der Waals surface area contributed by atoms with Gasteiger partial charge in [-0.05, 0) is 67.4 Å². The zero-order valence-corrected chi connectivity index (χ0v) is 23.8. The number of esters is 2. The van der Waals surface area contributed by atoms with Gasteiger partial charge in [-0.1, -0.05) is 56.7 Å². The maximum atomic E-state index is 14.1. The molecule has 0 N–H and O–H groups in total. The summed E-state index contributed by atoms with van der Waals surface area (Å²) in [5.74, 6) is -1.38. The van der Waals surface area contributed by atoms with Gasteiger partial charge in [0.2, 0.25) is 5.78 Å². The first-order valence-electron chi connectivity index (χ1n) is 14.8. The number of allylic oxidation sites excluding steroid dienone is 1. The molecule has 0 aliphatic heterocycles. The van der Waals surface area contributed by atoms with Gasteiger partial charge in [-0.15, -0.1) is 0 Å². The van der Waals surface area contributed by atoms with Crippen LogP contribution in [0.4, 0.5) is 0 Å². The summed E-state index contributed by atoms with van der Waals surface area (Å²) in [5.41, 5.74) is -0.890. The molecule has 7 nitrogen and oxygen atoms in total. The van der Waals surface area contributed by atoms with E-state index in [1.165, 1.54) is 0 Å². The molecule has 0 heterocycles. The summed E-state index contributed by atoms with van der Waals surface area (Å²) in [6.45, 7) is 5.43. The van der Waals surface area contributed by atoms with E-state index in [0.29, 0.717) is 32.1 Å². The van der Waals surface area contributed by atoms with E-state index in [-0.39, 0.29) is 54.0 Å². The van der Waals surface area contributed by atoms with Crippen LogP contribution in [-0.4, -0.2) is 41.5 Å². The zero-order valence-electron chi connectivity index (χ0n) is 23.8. The molecular formula is C33H40O7. The number of Topliss-reactive ketones (excluding diaryl/α,β-unsaturated/α-hetero) is 2. The fourth-order valence-corrected chi connectivity index (χ4v) is 8.58. The summed E-state index contributed by atoms with van der Waals surface area (Å²) in [5, 5.41) is 0. The van der Waals surface area contributed by atoms with Crippen molar-refractivity contribution >= 4 is 29.3 Å². The molecule has 0 radical (unpaired) electrons. The van der Waals surface area contributed by atoms with Crippen LogP contribution < -0.4 is 0 Å². The van der Waals surface area contributed by atoms with Gasteiger partial charge in [0.25, 0.3) is 0 Å². The van der Waals surface area contributed by atoms with E-state index in [1.54, 1.807) is 6.08 Å². The number of carbonyl (C=O) groups excluding carboxylic acids is 5. The summed E-state index contributed by atoms with van der Waals surface area (Å²) in [7, 11) is 0. The van der Waals surface area contributed by atoms with Crippen molar-refractivity contribution in [3.63, 3.8) is 0 Å². The Balaban J connectivity index is 1.42. The molecule has 3 saturated carbocycles. The predicted octanol–water partition coefficient (Wildman–Crippen LogP) is 5.13. The second-order valence-electron chi connectivity index (χ2n) is 12.7. The maximum absolute atomic E-state index is 14.1. The summed E-state index contributed by atoms with van der Waals surface area (Å²) in [6.07, 6.45) is 6.28. The Kier molecular flexibility index (Phi) is 7.62. The van der Waals surface area contributed by atoms with Crippen LogP contribution in [0.2, 0.25) is 0 Å². The molecule has 214 valence electrons. The minimum absolute atomic E-state index is 0.00426. The molecule has 0 saturated heterocycles. The number of ether oxygens (including phenoxy) is 2. The Bertz CT molecular complexity index is 1250. The number of hydrogen-bond donors (Lipinski definition) is 0. The van der Waals surface area contributed by atoms with Crippen LogP contribution in [0.15, 0.2) is 42.0 Å². The number of carbonyl (C=O) groups is 5. The molecule has 1 aromatic rings. The molecule has 0 spiro atoms. The Hall–Kier alpha value is -3.09. The lowest BCUT2D eigenvalue weighted by Gasteiger charge is -2.58.